The summed E-state index contributed by atoms with van der Waals surface area (Å²) < 4.78 is 6.85. The SMILES string of the molecule is COc1ccc2c(c1)C(C)N(C(=O)c1nn(C)cc1Cl)CC2. The highest BCUT2D eigenvalue weighted by molar-refractivity contribution is 6.33. The van der Waals surface area contributed by atoms with Gasteiger partial charge in [0.1, 0.15) is 5.75 Å². The van der Waals surface area contributed by atoms with E-state index in [-0.39, 0.29) is 11.9 Å². The molecule has 1 aromatic carbocycles. The van der Waals surface area contributed by atoms with Crippen LogP contribution in [0.15, 0.2) is 24.4 Å². The van der Waals surface area contributed by atoms with E-state index < -0.39 is 0 Å². The molecule has 2 heterocycles. The van der Waals surface area contributed by atoms with Crippen molar-refractivity contribution in [2.45, 2.75) is 19.4 Å². The van der Waals surface area contributed by atoms with E-state index in [9.17, 15) is 4.79 Å². The lowest BCUT2D eigenvalue weighted by molar-refractivity contribution is 0.0670. The summed E-state index contributed by atoms with van der Waals surface area (Å²) in [6.07, 6.45) is 2.46. The average molecular weight is 320 g/mol. The highest BCUT2D eigenvalue weighted by Gasteiger charge is 2.31. The third-order valence-corrected chi connectivity index (χ3v) is 4.42. The summed E-state index contributed by atoms with van der Waals surface area (Å²) in [6, 6.07) is 5.99. The zero-order valence-electron chi connectivity index (χ0n) is 12.8. The lowest BCUT2D eigenvalue weighted by Gasteiger charge is -2.35. The number of aromatic nitrogens is 2. The van der Waals surface area contributed by atoms with Crippen LogP contribution in [0, 0.1) is 0 Å². The smallest absolute Gasteiger partial charge is 0.276 e. The standard InChI is InChI=1S/C16H18ClN3O2/c1-10-13-8-12(22-3)5-4-11(13)6-7-20(10)16(21)15-14(17)9-19(2)18-15/h4-5,8-10H,6-7H2,1-3H3. The fourth-order valence-electron chi connectivity index (χ4n) is 2.94. The van der Waals surface area contributed by atoms with Crippen LogP contribution in [0.4, 0.5) is 0 Å². The number of amides is 1. The Balaban J connectivity index is 1.93. The topological polar surface area (TPSA) is 47.4 Å². The van der Waals surface area contributed by atoms with E-state index in [1.165, 1.54) is 5.56 Å². The van der Waals surface area contributed by atoms with Gasteiger partial charge in [0.05, 0.1) is 18.2 Å². The summed E-state index contributed by atoms with van der Waals surface area (Å²) >= 11 is 6.10. The minimum Gasteiger partial charge on any atom is -0.497 e. The Morgan fingerprint density at radius 3 is 2.86 bits per heavy atom. The maximum absolute atomic E-state index is 12.7. The second-order valence-corrected chi connectivity index (χ2v) is 5.90. The first-order chi connectivity index (χ1) is 10.5. The maximum atomic E-state index is 12.7. The second kappa shape index (κ2) is 5.65. The van der Waals surface area contributed by atoms with Gasteiger partial charge in [-0.2, -0.15) is 5.10 Å². The molecule has 1 unspecified atom stereocenters. The predicted octanol–water partition coefficient (Wildman–Crippen LogP) is 2.84. The van der Waals surface area contributed by atoms with Crippen LogP contribution >= 0.6 is 11.6 Å². The number of rotatable bonds is 2. The molecule has 0 aliphatic carbocycles. The Hall–Kier alpha value is -2.01. The highest BCUT2D eigenvalue weighted by atomic mass is 35.5. The number of hydrogen-bond acceptors (Lipinski definition) is 3. The number of ether oxygens (including phenoxy) is 1. The van der Waals surface area contributed by atoms with Gasteiger partial charge in [-0.1, -0.05) is 17.7 Å². The fourth-order valence-corrected chi connectivity index (χ4v) is 3.20. The molecule has 0 fully saturated rings. The van der Waals surface area contributed by atoms with Crippen LogP contribution in [-0.2, 0) is 13.5 Å². The number of halogens is 1. The molecule has 0 N–H and O–H groups in total. The van der Waals surface area contributed by atoms with Gasteiger partial charge in [0.15, 0.2) is 5.69 Å². The van der Waals surface area contributed by atoms with Crippen molar-refractivity contribution in [1.29, 1.82) is 0 Å². The van der Waals surface area contributed by atoms with E-state index in [2.05, 4.69) is 11.2 Å². The van der Waals surface area contributed by atoms with Crippen molar-refractivity contribution < 1.29 is 9.53 Å². The normalized spacial score (nSPS) is 17.3. The molecule has 5 nitrogen and oxygen atoms in total. The molecular weight excluding hydrogens is 302 g/mol. The number of fused-ring (bicyclic) bond motifs is 1. The van der Waals surface area contributed by atoms with E-state index in [1.807, 2.05) is 24.0 Å². The lowest BCUT2D eigenvalue weighted by Crippen LogP contribution is -2.39. The Bertz CT molecular complexity index is 726. The Morgan fingerprint density at radius 1 is 1.45 bits per heavy atom. The number of nitrogens with zero attached hydrogens (tertiary/aromatic N) is 3. The van der Waals surface area contributed by atoms with Crippen molar-refractivity contribution in [1.82, 2.24) is 14.7 Å². The van der Waals surface area contributed by atoms with Gasteiger partial charge in [-0.15, -0.1) is 0 Å². The molecule has 0 radical (unpaired) electrons. The zero-order chi connectivity index (χ0) is 15.9. The van der Waals surface area contributed by atoms with Gasteiger partial charge in [0.2, 0.25) is 0 Å². The zero-order valence-corrected chi connectivity index (χ0v) is 13.6. The molecule has 1 aliphatic heterocycles. The maximum Gasteiger partial charge on any atom is 0.276 e. The number of benzene rings is 1. The molecule has 1 atom stereocenters. The Labute approximate surface area is 134 Å². The molecule has 0 saturated carbocycles. The highest BCUT2D eigenvalue weighted by Crippen LogP contribution is 2.33. The van der Waals surface area contributed by atoms with E-state index in [0.717, 1.165) is 17.7 Å². The predicted molar refractivity (Wildman–Crippen MR) is 84.4 cm³/mol. The first kappa shape index (κ1) is 14.9. The van der Waals surface area contributed by atoms with Gasteiger partial charge in [-0.05, 0) is 36.6 Å². The van der Waals surface area contributed by atoms with Crippen LogP contribution in [-0.4, -0.2) is 34.2 Å². The van der Waals surface area contributed by atoms with Gasteiger partial charge in [-0.3, -0.25) is 9.48 Å². The van der Waals surface area contributed by atoms with Crippen LogP contribution in [0.2, 0.25) is 5.02 Å². The molecule has 0 spiro atoms. The third-order valence-electron chi connectivity index (χ3n) is 4.14. The minimum absolute atomic E-state index is 0.0376. The van der Waals surface area contributed by atoms with E-state index in [0.29, 0.717) is 17.3 Å². The largest absolute Gasteiger partial charge is 0.497 e. The molecule has 116 valence electrons. The monoisotopic (exact) mass is 319 g/mol. The number of hydrogen-bond donors (Lipinski definition) is 0. The van der Waals surface area contributed by atoms with Gasteiger partial charge in [0.25, 0.3) is 5.91 Å². The summed E-state index contributed by atoms with van der Waals surface area (Å²) in [6.45, 7) is 2.68. The number of methoxy groups -OCH3 is 1. The van der Waals surface area contributed by atoms with E-state index >= 15 is 0 Å². The van der Waals surface area contributed by atoms with E-state index in [1.54, 1.807) is 25.0 Å². The second-order valence-electron chi connectivity index (χ2n) is 5.49. The Morgan fingerprint density at radius 2 is 2.23 bits per heavy atom. The molecular formula is C16H18ClN3O2. The number of carbonyl (C=O) groups is 1. The van der Waals surface area contributed by atoms with Gasteiger partial charge >= 0.3 is 0 Å². The summed E-state index contributed by atoms with van der Waals surface area (Å²) in [5, 5.41) is 4.56. The molecule has 1 aromatic heterocycles. The lowest BCUT2D eigenvalue weighted by atomic mass is 9.93. The molecule has 1 amide bonds. The molecule has 0 bridgehead atoms. The van der Waals surface area contributed by atoms with Gasteiger partial charge < -0.3 is 9.64 Å². The van der Waals surface area contributed by atoms with Crippen molar-refractivity contribution in [3.8, 4) is 5.75 Å². The van der Waals surface area contributed by atoms with Crippen LogP contribution in [0.5, 0.6) is 5.75 Å². The van der Waals surface area contributed by atoms with Crippen LogP contribution in [0.3, 0.4) is 0 Å². The average Bonchev–Trinajstić information content (AvgIpc) is 2.85. The summed E-state index contributed by atoms with van der Waals surface area (Å²) in [5.74, 6) is 0.669. The summed E-state index contributed by atoms with van der Waals surface area (Å²) in [7, 11) is 3.40. The molecule has 0 saturated heterocycles. The van der Waals surface area contributed by atoms with Gasteiger partial charge in [0, 0.05) is 19.8 Å². The van der Waals surface area contributed by atoms with Crippen molar-refractivity contribution in [2.24, 2.45) is 7.05 Å². The van der Waals surface area contributed by atoms with Crippen LogP contribution < -0.4 is 4.74 Å². The molecule has 1 aliphatic rings. The van der Waals surface area contributed by atoms with Crippen molar-refractivity contribution in [3.63, 3.8) is 0 Å². The van der Waals surface area contributed by atoms with Crippen molar-refractivity contribution in [2.75, 3.05) is 13.7 Å². The fraction of sp³-hybridized carbons (Fsp3) is 0.375. The van der Waals surface area contributed by atoms with Crippen LogP contribution in [0.25, 0.3) is 0 Å². The molecule has 6 heteroatoms. The number of carbonyl (C=O) groups excluding carboxylic acids is 1. The first-order valence-corrected chi connectivity index (χ1v) is 7.56. The minimum atomic E-state index is -0.133. The molecule has 22 heavy (non-hydrogen) atoms. The third kappa shape index (κ3) is 2.46. The van der Waals surface area contributed by atoms with Crippen molar-refractivity contribution >= 4 is 17.5 Å². The van der Waals surface area contributed by atoms with Gasteiger partial charge in [-0.25, -0.2) is 0 Å². The molecule has 2 aromatic rings. The first-order valence-electron chi connectivity index (χ1n) is 7.18. The Kier molecular flexibility index (Phi) is 3.83. The van der Waals surface area contributed by atoms with Crippen LogP contribution in [0.1, 0.15) is 34.6 Å². The molecule has 3 rings (SSSR count). The number of aryl methyl sites for hydroxylation is 1. The summed E-state index contributed by atoms with van der Waals surface area (Å²) in [4.78, 5) is 14.6. The van der Waals surface area contributed by atoms with Crippen molar-refractivity contribution in [3.05, 3.63) is 46.2 Å². The quantitative estimate of drug-likeness (QED) is 0.855. The summed E-state index contributed by atoms with van der Waals surface area (Å²) in [5.41, 5.74) is 2.68. The van der Waals surface area contributed by atoms with E-state index in [4.69, 9.17) is 16.3 Å².